The minimum atomic E-state index is -1.11. The van der Waals surface area contributed by atoms with Crippen LogP contribution in [0.2, 0.25) is 0 Å². The van der Waals surface area contributed by atoms with Crippen LogP contribution in [0.4, 0.5) is 9.93 Å². The average molecular weight is 278 g/mol. The Kier molecular flexibility index (Phi) is 2.96. The first kappa shape index (κ1) is 11.8. The van der Waals surface area contributed by atoms with Crippen LogP contribution in [0.15, 0.2) is 24.4 Å². The van der Waals surface area contributed by atoms with Crippen molar-refractivity contribution in [2.75, 3.05) is 12.1 Å². The van der Waals surface area contributed by atoms with Crippen LogP contribution in [0, 0.1) is 0 Å². The van der Waals surface area contributed by atoms with E-state index in [1.165, 1.54) is 11.3 Å². The third-order valence-corrected chi connectivity index (χ3v) is 3.50. The summed E-state index contributed by atoms with van der Waals surface area (Å²) < 4.78 is 10.6. The van der Waals surface area contributed by atoms with Crippen LogP contribution < -0.4 is 14.8 Å². The van der Waals surface area contributed by atoms with E-state index in [0.29, 0.717) is 11.6 Å². The van der Waals surface area contributed by atoms with Crippen LogP contribution in [0.5, 0.6) is 11.5 Å². The molecule has 19 heavy (non-hydrogen) atoms. The molecule has 2 heterocycles. The number of rotatable bonds is 3. The molecule has 0 spiro atoms. The Morgan fingerprint density at radius 2 is 2.26 bits per heavy atom. The highest BCUT2D eigenvalue weighted by molar-refractivity contribution is 7.15. The number of benzene rings is 1. The second kappa shape index (κ2) is 4.77. The second-order valence-corrected chi connectivity index (χ2v) is 5.04. The lowest BCUT2D eigenvalue weighted by Crippen LogP contribution is -2.06. The van der Waals surface area contributed by atoms with Crippen LogP contribution in [-0.2, 0) is 6.42 Å². The lowest BCUT2D eigenvalue weighted by atomic mass is 10.1. The average Bonchev–Trinajstić information content (AvgIpc) is 2.97. The fourth-order valence-electron chi connectivity index (χ4n) is 1.79. The molecule has 0 bridgehead atoms. The Labute approximate surface area is 112 Å². The molecule has 2 aromatic rings. The molecule has 6 nitrogen and oxygen atoms in total. The van der Waals surface area contributed by atoms with Gasteiger partial charge in [0.15, 0.2) is 16.6 Å². The van der Waals surface area contributed by atoms with E-state index in [9.17, 15) is 4.79 Å². The van der Waals surface area contributed by atoms with E-state index in [0.717, 1.165) is 21.9 Å². The molecule has 3 rings (SSSR count). The van der Waals surface area contributed by atoms with Crippen LogP contribution in [0.1, 0.15) is 10.4 Å². The van der Waals surface area contributed by atoms with E-state index in [1.807, 2.05) is 18.2 Å². The van der Waals surface area contributed by atoms with Crippen LogP contribution >= 0.6 is 11.3 Å². The number of carboxylic acid groups (broad SMARTS) is 1. The number of hydrogen-bond acceptors (Lipinski definition) is 5. The minimum Gasteiger partial charge on any atom is -0.465 e. The van der Waals surface area contributed by atoms with Crippen LogP contribution in [-0.4, -0.2) is 23.0 Å². The van der Waals surface area contributed by atoms with Crippen LogP contribution in [0.25, 0.3) is 0 Å². The zero-order valence-corrected chi connectivity index (χ0v) is 10.6. The third-order valence-electron chi connectivity index (χ3n) is 2.58. The van der Waals surface area contributed by atoms with Crippen molar-refractivity contribution in [1.82, 2.24) is 4.98 Å². The molecule has 1 amide bonds. The van der Waals surface area contributed by atoms with Crippen molar-refractivity contribution < 1.29 is 19.4 Å². The third kappa shape index (κ3) is 2.60. The number of thiazole rings is 1. The van der Waals surface area contributed by atoms with Crippen molar-refractivity contribution in [1.29, 1.82) is 0 Å². The maximum absolute atomic E-state index is 10.5. The molecular formula is C12H10N2O4S. The SMILES string of the molecule is O=C(O)Nc1ncc(Cc2ccc3c(c2)OCO3)s1. The highest BCUT2D eigenvalue weighted by Gasteiger charge is 2.14. The number of amides is 1. The molecule has 98 valence electrons. The van der Waals surface area contributed by atoms with E-state index >= 15 is 0 Å². The number of nitrogens with one attached hydrogen (secondary N) is 1. The van der Waals surface area contributed by atoms with E-state index in [2.05, 4.69) is 10.3 Å². The molecule has 1 aliphatic rings. The summed E-state index contributed by atoms with van der Waals surface area (Å²) in [6, 6.07) is 5.75. The highest BCUT2D eigenvalue weighted by Crippen LogP contribution is 2.33. The summed E-state index contributed by atoms with van der Waals surface area (Å²) in [5, 5.41) is 11.2. The van der Waals surface area contributed by atoms with Gasteiger partial charge in [-0.15, -0.1) is 11.3 Å². The van der Waals surface area contributed by atoms with Crippen molar-refractivity contribution in [3.8, 4) is 11.5 Å². The summed E-state index contributed by atoms with van der Waals surface area (Å²) in [4.78, 5) is 15.5. The molecule has 1 aromatic carbocycles. The molecule has 2 N–H and O–H groups in total. The molecule has 0 aliphatic carbocycles. The molecule has 0 atom stereocenters. The summed E-state index contributed by atoms with van der Waals surface area (Å²) >= 11 is 1.31. The zero-order valence-electron chi connectivity index (χ0n) is 9.75. The fourth-order valence-corrected chi connectivity index (χ4v) is 2.63. The van der Waals surface area contributed by atoms with Crippen molar-refractivity contribution in [3.63, 3.8) is 0 Å². The lowest BCUT2D eigenvalue weighted by molar-refractivity contribution is 0.174. The molecule has 7 heteroatoms. The van der Waals surface area contributed by atoms with E-state index in [-0.39, 0.29) is 6.79 Å². The van der Waals surface area contributed by atoms with Gasteiger partial charge >= 0.3 is 6.09 Å². The smallest absolute Gasteiger partial charge is 0.410 e. The van der Waals surface area contributed by atoms with Gasteiger partial charge in [-0.05, 0) is 17.7 Å². The van der Waals surface area contributed by atoms with Crippen molar-refractivity contribution in [2.45, 2.75) is 6.42 Å². The van der Waals surface area contributed by atoms with Gasteiger partial charge in [0.2, 0.25) is 6.79 Å². The second-order valence-electron chi connectivity index (χ2n) is 3.93. The Morgan fingerprint density at radius 1 is 1.42 bits per heavy atom. The summed E-state index contributed by atoms with van der Waals surface area (Å²) in [6.45, 7) is 0.256. The van der Waals surface area contributed by atoms with Crippen molar-refractivity contribution in [2.24, 2.45) is 0 Å². The molecular weight excluding hydrogens is 268 g/mol. The summed E-state index contributed by atoms with van der Waals surface area (Å²) in [7, 11) is 0. The van der Waals surface area contributed by atoms with Gasteiger partial charge in [0.25, 0.3) is 0 Å². The molecule has 0 radical (unpaired) electrons. The van der Waals surface area contributed by atoms with Crippen molar-refractivity contribution >= 4 is 22.6 Å². The highest BCUT2D eigenvalue weighted by atomic mass is 32.1. The summed E-state index contributed by atoms with van der Waals surface area (Å²) in [5.41, 5.74) is 1.06. The number of hydrogen-bond donors (Lipinski definition) is 2. The lowest BCUT2D eigenvalue weighted by Gasteiger charge is -2.00. The maximum atomic E-state index is 10.5. The van der Waals surface area contributed by atoms with Crippen LogP contribution in [0.3, 0.4) is 0 Å². The molecule has 0 saturated carbocycles. The molecule has 0 fully saturated rings. The molecule has 1 aromatic heterocycles. The monoisotopic (exact) mass is 278 g/mol. The topological polar surface area (TPSA) is 80.7 Å². The number of aromatic nitrogens is 1. The van der Waals surface area contributed by atoms with Gasteiger partial charge in [-0.1, -0.05) is 6.07 Å². The Hall–Kier alpha value is -2.28. The van der Waals surface area contributed by atoms with Gasteiger partial charge in [0, 0.05) is 17.5 Å². The quantitative estimate of drug-likeness (QED) is 0.901. The number of nitrogens with zero attached hydrogens (tertiary/aromatic N) is 1. The number of anilines is 1. The van der Waals surface area contributed by atoms with Gasteiger partial charge in [0.1, 0.15) is 0 Å². The van der Waals surface area contributed by atoms with Gasteiger partial charge < -0.3 is 14.6 Å². The van der Waals surface area contributed by atoms with Crippen molar-refractivity contribution in [3.05, 3.63) is 34.8 Å². The van der Waals surface area contributed by atoms with E-state index in [4.69, 9.17) is 14.6 Å². The largest absolute Gasteiger partial charge is 0.465 e. The predicted octanol–water partition coefficient (Wildman–Crippen LogP) is 2.55. The Bertz CT molecular complexity index is 626. The number of fused-ring (bicyclic) bond motifs is 1. The fraction of sp³-hybridized carbons (Fsp3) is 0.167. The zero-order chi connectivity index (χ0) is 13.2. The minimum absolute atomic E-state index is 0.256. The Morgan fingerprint density at radius 3 is 3.11 bits per heavy atom. The maximum Gasteiger partial charge on any atom is 0.410 e. The van der Waals surface area contributed by atoms with E-state index in [1.54, 1.807) is 6.20 Å². The predicted molar refractivity (Wildman–Crippen MR) is 69.1 cm³/mol. The van der Waals surface area contributed by atoms with Gasteiger partial charge in [-0.25, -0.2) is 9.78 Å². The Balaban J connectivity index is 1.74. The first-order valence-electron chi connectivity index (χ1n) is 5.54. The van der Waals surface area contributed by atoms with E-state index < -0.39 is 6.09 Å². The summed E-state index contributed by atoms with van der Waals surface area (Å²) in [5.74, 6) is 1.49. The first-order chi connectivity index (χ1) is 9.20. The van der Waals surface area contributed by atoms with Gasteiger partial charge in [-0.2, -0.15) is 0 Å². The van der Waals surface area contributed by atoms with Gasteiger partial charge in [0.05, 0.1) is 0 Å². The number of carbonyl (C=O) groups is 1. The summed E-state index contributed by atoms with van der Waals surface area (Å²) in [6.07, 6.45) is 1.24. The normalized spacial score (nSPS) is 12.4. The standard InChI is InChI=1S/C12H10N2O4S/c15-12(16)14-11-13-5-8(19-11)3-7-1-2-9-10(4-7)18-6-17-9/h1-2,4-5H,3,6H2,(H,13,14)(H,15,16). The molecule has 0 unspecified atom stereocenters. The molecule has 0 saturated heterocycles. The first-order valence-corrected chi connectivity index (χ1v) is 6.35. The molecule has 1 aliphatic heterocycles. The number of ether oxygens (including phenoxy) is 2. The van der Waals surface area contributed by atoms with Gasteiger partial charge in [-0.3, -0.25) is 5.32 Å².